The molecule has 0 nitrogen and oxygen atoms in total. The van der Waals surface area contributed by atoms with Gasteiger partial charge in [0.25, 0.3) is 0 Å². The molecular formula is C11H24S5. The summed E-state index contributed by atoms with van der Waals surface area (Å²) in [5, 5.41) is 1.60. The minimum absolute atomic E-state index is 0.346. The first-order valence-corrected chi connectivity index (χ1v) is 8.54. The van der Waals surface area contributed by atoms with E-state index < -0.39 is 0 Å². The lowest BCUT2D eigenvalue weighted by Gasteiger charge is -2.21. The summed E-state index contributed by atoms with van der Waals surface area (Å²) in [6.45, 7) is 2.14. The highest BCUT2D eigenvalue weighted by atomic mass is 32.1. The lowest BCUT2D eigenvalue weighted by Crippen LogP contribution is -2.19. The molecule has 0 bridgehead atoms. The van der Waals surface area contributed by atoms with Crippen molar-refractivity contribution in [2.45, 2.75) is 60.0 Å². The Morgan fingerprint density at radius 3 is 1.88 bits per heavy atom. The van der Waals surface area contributed by atoms with Crippen LogP contribution in [-0.2, 0) is 0 Å². The van der Waals surface area contributed by atoms with Gasteiger partial charge >= 0.3 is 0 Å². The van der Waals surface area contributed by atoms with Gasteiger partial charge in [0.1, 0.15) is 0 Å². The van der Waals surface area contributed by atoms with Crippen LogP contribution in [0.2, 0.25) is 0 Å². The number of thiol groups is 5. The first-order chi connectivity index (χ1) is 7.51. The molecule has 0 rings (SSSR count). The molecule has 0 aliphatic heterocycles. The van der Waals surface area contributed by atoms with Gasteiger partial charge in [-0.25, -0.2) is 0 Å². The normalized spacial score (nSPS) is 19.1. The third-order valence-corrected chi connectivity index (χ3v) is 5.45. The predicted molar refractivity (Wildman–Crippen MR) is 93.7 cm³/mol. The van der Waals surface area contributed by atoms with Crippen molar-refractivity contribution in [2.24, 2.45) is 0 Å². The molecule has 4 unspecified atom stereocenters. The molecule has 0 N–H and O–H groups in total. The van der Waals surface area contributed by atoms with E-state index >= 15 is 0 Å². The second kappa shape index (κ2) is 10.7. The van der Waals surface area contributed by atoms with E-state index in [1.807, 2.05) is 0 Å². The summed E-state index contributed by atoms with van der Waals surface area (Å²) in [6.07, 6.45) is 5.37. The molecule has 5 heteroatoms. The predicted octanol–water partition coefficient (Wildman–Crippen LogP) is 4.08. The van der Waals surface area contributed by atoms with Crippen molar-refractivity contribution >= 4 is 63.1 Å². The van der Waals surface area contributed by atoms with Crippen LogP contribution in [-0.4, -0.2) is 26.8 Å². The maximum Gasteiger partial charge on any atom is 0.0144 e. The van der Waals surface area contributed by atoms with Gasteiger partial charge in [-0.1, -0.05) is 6.92 Å². The Morgan fingerprint density at radius 2 is 1.38 bits per heavy atom. The monoisotopic (exact) mass is 316 g/mol. The summed E-state index contributed by atoms with van der Waals surface area (Å²) < 4.78 is 0. The molecule has 16 heavy (non-hydrogen) atoms. The molecule has 0 aliphatic carbocycles. The van der Waals surface area contributed by atoms with Crippen LogP contribution in [0.1, 0.15) is 39.0 Å². The summed E-state index contributed by atoms with van der Waals surface area (Å²) in [5.74, 6) is 0.912. The van der Waals surface area contributed by atoms with Gasteiger partial charge in [0.15, 0.2) is 0 Å². The largest absolute Gasteiger partial charge is 0.179 e. The Labute approximate surface area is 128 Å². The maximum absolute atomic E-state index is 4.61. The first kappa shape index (κ1) is 17.8. The van der Waals surface area contributed by atoms with Crippen LogP contribution in [0.15, 0.2) is 0 Å². The van der Waals surface area contributed by atoms with Crippen molar-refractivity contribution < 1.29 is 0 Å². The fourth-order valence-electron chi connectivity index (χ4n) is 1.50. The second-order valence-electron chi connectivity index (χ2n) is 4.18. The van der Waals surface area contributed by atoms with Crippen molar-refractivity contribution in [1.82, 2.24) is 0 Å². The van der Waals surface area contributed by atoms with E-state index in [0.29, 0.717) is 21.0 Å². The van der Waals surface area contributed by atoms with Crippen molar-refractivity contribution in [2.75, 3.05) is 5.75 Å². The zero-order valence-corrected chi connectivity index (χ0v) is 14.3. The van der Waals surface area contributed by atoms with E-state index in [1.165, 1.54) is 0 Å². The average molecular weight is 317 g/mol. The third kappa shape index (κ3) is 8.78. The lowest BCUT2D eigenvalue weighted by molar-refractivity contribution is 0.611. The molecule has 4 atom stereocenters. The fraction of sp³-hybridized carbons (Fsp3) is 1.00. The Morgan fingerprint density at radius 1 is 0.812 bits per heavy atom. The number of hydrogen-bond donors (Lipinski definition) is 5. The molecule has 0 fully saturated rings. The van der Waals surface area contributed by atoms with Crippen LogP contribution in [0.25, 0.3) is 0 Å². The van der Waals surface area contributed by atoms with Crippen LogP contribution < -0.4 is 0 Å². The van der Waals surface area contributed by atoms with Gasteiger partial charge in [-0.05, 0) is 37.9 Å². The topological polar surface area (TPSA) is 0 Å². The van der Waals surface area contributed by atoms with Crippen LogP contribution in [0, 0.1) is 0 Å². The van der Waals surface area contributed by atoms with Crippen LogP contribution in [0.5, 0.6) is 0 Å². The van der Waals surface area contributed by atoms with E-state index in [4.69, 9.17) is 0 Å². The Hall–Kier alpha value is 1.75. The first-order valence-electron chi connectivity index (χ1n) is 5.84. The van der Waals surface area contributed by atoms with Gasteiger partial charge in [0, 0.05) is 21.0 Å². The van der Waals surface area contributed by atoms with E-state index in [1.54, 1.807) is 0 Å². The van der Waals surface area contributed by atoms with Gasteiger partial charge in [-0.3, -0.25) is 0 Å². The van der Waals surface area contributed by atoms with E-state index in [0.717, 1.165) is 37.9 Å². The zero-order valence-electron chi connectivity index (χ0n) is 9.79. The molecule has 0 aromatic heterocycles. The molecule has 0 amide bonds. The Bertz CT molecular complexity index is 164. The summed E-state index contributed by atoms with van der Waals surface area (Å²) in [7, 11) is 0. The third-order valence-electron chi connectivity index (χ3n) is 2.67. The minimum atomic E-state index is 0.346. The summed E-state index contributed by atoms with van der Waals surface area (Å²) in [5.41, 5.74) is 0. The van der Waals surface area contributed by atoms with Gasteiger partial charge in [-0.15, -0.1) is 0 Å². The quantitative estimate of drug-likeness (QED) is 0.389. The molecule has 0 aromatic carbocycles. The highest BCUT2D eigenvalue weighted by molar-refractivity contribution is 7.85. The van der Waals surface area contributed by atoms with Gasteiger partial charge < -0.3 is 0 Å². The molecule has 0 spiro atoms. The average Bonchev–Trinajstić information content (AvgIpc) is 2.25. The maximum atomic E-state index is 4.61. The number of rotatable bonds is 9. The van der Waals surface area contributed by atoms with E-state index in [9.17, 15) is 0 Å². The SMILES string of the molecule is CCC(S)C(S)CC(S)CCC(S)CCS. The lowest BCUT2D eigenvalue weighted by atomic mass is 10.1. The fourth-order valence-corrected chi connectivity index (χ4v) is 3.43. The molecule has 0 saturated heterocycles. The van der Waals surface area contributed by atoms with Gasteiger partial charge in [0.05, 0.1) is 0 Å². The molecule has 0 aliphatic rings. The molecular weight excluding hydrogens is 292 g/mol. The molecule has 0 aromatic rings. The van der Waals surface area contributed by atoms with Crippen molar-refractivity contribution in [3.05, 3.63) is 0 Å². The van der Waals surface area contributed by atoms with Crippen LogP contribution in [0.3, 0.4) is 0 Å². The molecule has 0 saturated carbocycles. The summed E-state index contributed by atoms with van der Waals surface area (Å²) in [6, 6.07) is 0. The Kier molecular flexibility index (Phi) is 11.8. The smallest absolute Gasteiger partial charge is 0.0144 e. The summed E-state index contributed by atoms with van der Waals surface area (Å²) >= 11 is 22.4. The highest BCUT2D eigenvalue weighted by Gasteiger charge is 2.16. The minimum Gasteiger partial charge on any atom is -0.179 e. The molecule has 98 valence electrons. The van der Waals surface area contributed by atoms with Crippen molar-refractivity contribution in [3.8, 4) is 0 Å². The van der Waals surface area contributed by atoms with Crippen LogP contribution >= 0.6 is 63.1 Å². The second-order valence-corrected chi connectivity index (χ2v) is 7.41. The standard InChI is InChI=1S/C11H24S5/c1-2-10(15)11(16)7-9(14)4-3-8(13)5-6-12/h8-16H,2-7H2,1H3. The van der Waals surface area contributed by atoms with Gasteiger partial charge in [0.2, 0.25) is 0 Å². The summed E-state index contributed by atoms with van der Waals surface area (Å²) in [4.78, 5) is 0. The van der Waals surface area contributed by atoms with Crippen molar-refractivity contribution in [3.63, 3.8) is 0 Å². The van der Waals surface area contributed by atoms with E-state index in [-0.39, 0.29) is 0 Å². The van der Waals surface area contributed by atoms with Crippen LogP contribution in [0.4, 0.5) is 0 Å². The molecule has 0 radical (unpaired) electrons. The van der Waals surface area contributed by atoms with E-state index in [2.05, 4.69) is 70.1 Å². The molecule has 0 heterocycles. The van der Waals surface area contributed by atoms with Crippen molar-refractivity contribution in [1.29, 1.82) is 0 Å². The highest BCUT2D eigenvalue weighted by Crippen LogP contribution is 2.23. The zero-order chi connectivity index (χ0) is 12.6. The van der Waals surface area contributed by atoms with Gasteiger partial charge in [-0.2, -0.15) is 63.1 Å². The number of hydrogen-bond acceptors (Lipinski definition) is 5. The Balaban J connectivity index is 3.68.